The number of hydrogen-bond acceptors (Lipinski definition) is 5. The van der Waals surface area contributed by atoms with E-state index in [0.717, 1.165) is 0 Å². The predicted octanol–water partition coefficient (Wildman–Crippen LogP) is 1.68. The van der Waals surface area contributed by atoms with Crippen LogP contribution >= 0.6 is 11.6 Å². The summed E-state index contributed by atoms with van der Waals surface area (Å²) in [7, 11) is 0. The van der Waals surface area contributed by atoms with Gasteiger partial charge in [-0.15, -0.1) is 11.6 Å². The van der Waals surface area contributed by atoms with E-state index in [1.165, 1.54) is 13.8 Å². The van der Waals surface area contributed by atoms with Crippen LogP contribution in [0.3, 0.4) is 0 Å². The Kier molecular flexibility index (Phi) is 4.94. The van der Waals surface area contributed by atoms with E-state index < -0.39 is 17.8 Å². The second-order valence-corrected chi connectivity index (χ2v) is 3.99. The summed E-state index contributed by atoms with van der Waals surface area (Å²) < 4.78 is 9.81. The number of carbonyl (C=O) groups excluding carboxylic acids is 3. The summed E-state index contributed by atoms with van der Waals surface area (Å²) >= 11 is 5.35. The maximum absolute atomic E-state index is 11.4. The summed E-state index contributed by atoms with van der Waals surface area (Å²) in [6.07, 6.45) is -0.855. The minimum absolute atomic E-state index is 0.00144. The van der Waals surface area contributed by atoms with Crippen molar-refractivity contribution in [2.45, 2.75) is 13.8 Å². The van der Waals surface area contributed by atoms with E-state index in [2.05, 4.69) is 10.1 Å². The van der Waals surface area contributed by atoms with Gasteiger partial charge in [0, 0.05) is 0 Å². The number of rotatable bonds is 5. The number of ether oxygens (including phenoxy) is 1. The van der Waals surface area contributed by atoms with Crippen LogP contribution < -0.4 is 11.1 Å². The molecule has 104 valence electrons. The zero-order chi connectivity index (χ0) is 14.6. The maximum Gasteiger partial charge on any atom is 0.414 e. The third-order valence-electron chi connectivity index (χ3n) is 2.21. The molecule has 0 saturated carbocycles. The molecule has 0 aliphatic heterocycles. The number of amides is 2. The lowest BCUT2D eigenvalue weighted by molar-refractivity contribution is 0.0974. The highest BCUT2D eigenvalue weighted by Crippen LogP contribution is 2.27. The van der Waals surface area contributed by atoms with Gasteiger partial charge in [-0.3, -0.25) is 14.9 Å². The molecule has 7 nitrogen and oxygen atoms in total. The van der Waals surface area contributed by atoms with Gasteiger partial charge in [0.1, 0.15) is 17.9 Å². The highest BCUT2D eigenvalue weighted by atomic mass is 35.5. The Morgan fingerprint density at radius 2 is 2.00 bits per heavy atom. The lowest BCUT2D eigenvalue weighted by Gasteiger charge is -2.04. The Morgan fingerprint density at radius 3 is 2.47 bits per heavy atom. The van der Waals surface area contributed by atoms with E-state index >= 15 is 0 Å². The molecule has 0 aliphatic rings. The first-order valence-corrected chi connectivity index (χ1v) is 5.85. The average Bonchev–Trinajstić information content (AvgIpc) is 2.63. The fourth-order valence-electron chi connectivity index (χ4n) is 1.55. The van der Waals surface area contributed by atoms with Crippen LogP contribution in [-0.2, 0) is 4.74 Å². The molecule has 0 fully saturated rings. The molecule has 1 aromatic rings. The van der Waals surface area contributed by atoms with Gasteiger partial charge < -0.3 is 14.9 Å². The quantitative estimate of drug-likeness (QED) is 0.632. The third kappa shape index (κ3) is 3.47. The van der Waals surface area contributed by atoms with Crippen molar-refractivity contribution >= 4 is 35.3 Å². The van der Waals surface area contributed by atoms with Crippen molar-refractivity contribution in [1.29, 1.82) is 0 Å². The molecule has 0 bridgehead atoms. The molecule has 3 N–H and O–H groups in total. The van der Waals surface area contributed by atoms with Gasteiger partial charge in [0.15, 0.2) is 5.78 Å². The molecule has 0 saturated heterocycles. The van der Waals surface area contributed by atoms with E-state index in [0.29, 0.717) is 0 Å². The summed E-state index contributed by atoms with van der Waals surface area (Å²) in [6, 6.07) is 0. The molecule has 0 radical (unpaired) electrons. The van der Waals surface area contributed by atoms with Crippen LogP contribution in [0.15, 0.2) is 4.42 Å². The smallest absolute Gasteiger partial charge is 0.414 e. The SMILES string of the molecule is CC(=O)c1c(C)oc(NC(=O)OCCCl)c1C(N)=O. The van der Waals surface area contributed by atoms with Crippen LogP contribution in [0.1, 0.15) is 33.4 Å². The van der Waals surface area contributed by atoms with Crippen molar-refractivity contribution in [1.82, 2.24) is 0 Å². The van der Waals surface area contributed by atoms with Crippen LogP contribution in [0.5, 0.6) is 0 Å². The van der Waals surface area contributed by atoms with Crippen LogP contribution in [0.25, 0.3) is 0 Å². The second kappa shape index (κ2) is 6.24. The number of halogens is 1. The molecule has 0 spiro atoms. The molecule has 1 rings (SSSR count). The van der Waals surface area contributed by atoms with Gasteiger partial charge >= 0.3 is 6.09 Å². The van der Waals surface area contributed by atoms with Crippen molar-refractivity contribution in [2.75, 3.05) is 17.8 Å². The fraction of sp³-hybridized carbons (Fsp3) is 0.364. The van der Waals surface area contributed by atoms with Crippen molar-refractivity contribution in [3.8, 4) is 0 Å². The second-order valence-electron chi connectivity index (χ2n) is 3.61. The summed E-state index contributed by atoms with van der Waals surface area (Å²) in [5.74, 6) is -1.16. The van der Waals surface area contributed by atoms with E-state index in [9.17, 15) is 14.4 Å². The van der Waals surface area contributed by atoms with Gasteiger partial charge in [0.2, 0.25) is 5.88 Å². The Hall–Kier alpha value is -2.02. The normalized spacial score (nSPS) is 10.1. The lowest BCUT2D eigenvalue weighted by atomic mass is 10.1. The van der Waals surface area contributed by atoms with Crippen molar-refractivity contribution < 1.29 is 23.5 Å². The van der Waals surface area contributed by atoms with Crippen LogP contribution in [-0.4, -0.2) is 30.3 Å². The molecular weight excluding hydrogens is 276 g/mol. The number of aryl methyl sites for hydroxylation is 1. The third-order valence-corrected chi connectivity index (χ3v) is 2.36. The Labute approximate surface area is 114 Å². The van der Waals surface area contributed by atoms with Gasteiger partial charge in [-0.05, 0) is 13.8 Å². The Morgan fingerprint density at radius 1 is 1.37 bits per heavy atom. The highest BCUT2D eigenvalue weighted by molar-refractivity contribution is 6.18. The monoisotopic (exact) mass is 288 g/mol. The molecule has 2 amide bonds. The number of nitrogens with one attached hydrogen (secondary N) is 1. The fourth-order valence-corrected chi connectivity index (χ4v) is 1.63. The van der Waals surface area contributed by atoms with Gasteiger partial charge in [-0.25, -0.2) is 4.79 Å². The zero-order valence-corrected chi connectivity index (χ0v) is 11.2. The molecule has 1 heterocycles. The molecule has 0 atom stereocenters. The summed E-state index contributed by atoms with van der Waals surface area (Å²) in [6.45, 7) is 2.75. The largest absolute Gasteiger partial charge is 0.448 e. The average molecular weight is 289 g/mol. The van der Waals surface area contributed by atoms with E-state index in [-0.39, 0.29) is 35.3 Å². The van der Waals surface area contributed by atoms with Gasteiger partial charge in [0.25, 0.3) is 5.91 Å². The molecule has 0 unspecified atom stereocenters. The number of alkyl halides is 1. The number of nitrogens with two attached hydrogens (primary N) is 1. The minimum atomic E-state index is -0.880. The topological polar surface area (TPSA) is 112 Å². The predicted molar refractivity (Wildman–Crippen MR) is 67.7 cm³/mol. The van der Waals surface area contributed by atoms with Crippen molar-refractivity contribution in [2.24, 2.45) is 5.73 Å². The van der Waals surface area contributed by atoms with Gasteiger partial charge in [0.05, 0.1) is 11.4 Å². The molecule has 1 aromatic heterocycles. The summed E-state index contributed by atoms with van der Waals surface area (Å²) in [5.41, 5.74) is 5.05. The number of carbonyl (C=O) groups is 3. The van der Waals surface area contributed by atoms with Crippen molar-refractivity contribution in [3.05, 3.63) is 16.9 Å². The Balaban J connectivity index is 3.08. The number of Topliss-reactive ketones (excluding diaryl/α,β-unsaturated/α-hetero) is 1. The molecule has 0 aliphatic carbocycles. The highest BCUT2D eigenvalue weighted by Gasteiger charge is 2.26. The zero-order valence-electron chi connectivity index (χ0n) is 10.4. The van der Waals surface area contributed by atoms with Crippen LogP contribution in [0.4, 0.5) is 10.7 Å². The van der Waals surface area contributed by atoms with Gasteiger partial charge in [-0.2, -0.15) is 0 Å². The number of hydrogen-bond donors (Lipinski definition) is 2. The van der Waals surface area contributed by atoms with Gasteiger partial charge in [-0.1, -0.05) is 0 Å². The summed E-state index contributed by atoms with van der Waals surface area (Å²) in [5, 5.41) is 2.20. The number of furan rings is 1. The lowest BCUT2D eigenvalue weighted by Crippen LogP contribution is -2.20. The first-order chi connectivity index (χ1) is 8.88. The van der Waals surface area contributed by atoms with Crippen molar-refractivity contribution in [3.63, 3.8) is 0 Å². The molecule has 0 aromatic carbocycles. The van der Waals surface area contributed by atoms with E-state index in [1.807, 2.05) is 0 Å². The first-order valence-electron chi connectivity index (χ1n) is 5.32. The molecular formula is C11H13ClN2O5. The minimum Gasteiger partial charge on any atom is -0.448 e. The van der Waals surface area contributed by atoms with Crippen LogP contribution in [0, 0.1) is 6.92 Å². The van der Waals surface area contributed by atoms with E-state index in [1.54, 1.807) is 0 Å². The number of primary amides is 1. The Bertz CT molecular complexity index is 523. The van der Waals surface area contributed by atoms with Crippen LogP contribution in [0.2, 0.25) is 0 Å². The summed E-state index contributed by atoms with van der Waals surface area (Å²) in [4.78, 5) is 34.1. The standard InChI is InChI=1S/C11H13ClN2O5/c1-5(15)7-6(2)19-10(8(7)9(13)16)14-11(17)18-4-3-12/h3-4H2,1-2H3,(H2,13,16)(H,14,17). The van der Waals surface area contributed by atoms with E-state index in [4.69, 9.17) is 21.8 Å². The molecule has 19 heavy (non-hydrogen) atoms. The molecule has 8 heteroatoms. The number of ketones is 1. The first kappa shape index (κ1) is 15.0. The number of anilines is 1. The maximum atomic E-state index is 11.4.